The van der Waals surface area contributed by atoms with Gasteiger partial charge in [0.25, 0.3) is 0 Å². The van der Waals surface area contributed by atoms with E-state index in [0.29, 0.717) is 12.4 Å². The number of methoxy groups -OCH3 is 1. The Kier molecular flexibility index (Phi) is 5.45. The van der Waals surface area contributed by atoms with Gasteiger partial charge in [-0.3, -0.25) is 9.59 Å². The van der Waals surface area contributed by atoms with Crippen LogP contribution in [-0.4, -0.2) is 56.7 Å². The molecule has 0 bridgehead atoms. The normalized spacial score (nSPS) is 20.5. The van der Waals surface area contributed by atoms with E-state index in [9.17, 15) is 9.59 Å². The number of rotatable bonds is 4. The van der Waals surface area contributed by atoms with E-state index >= 15 is 0 Å². The Balaban J connectivity index is 2.18. The predicted molar refractivity (Wildman–Crippen MR) is 77.4 cm³/mol. The lowest BCUT2D eigenvalue weighted by Gasteiger charge is -2.24. The maximum Gasteiger partial charge on any atom is 0.327 e. The number of nitrogens with one attached hydrogen (secondary N) is 1. The van der Waals surface area contributed by atoms with Gasteiger partial charge in [0.2, 0.25) is 0 Å². The van der Waals surface area contributed by atoms with Crippen LogP contribution in [0.4, 0.5) is 0 Å². The molecule has 8 nitrogen and oxygen atoms in total. The number of nitrogens with zero attached hydrogens (tertiary/aromatic N) is 4. The van der Waals surface area contributed by atoms with E-state index in [1.54, 1.807) is 6.92 Å². The van der Waals surface area contributed by atoms with Crippen LogP contribution in [-0.2, 0) is 20.9 Å². The van der Waals surface area contributed by atoms with Crippen molar-refractivity contribution < 1.29 is 14.3 Å². The number of tetrazole rings is 1. The van der Waals surface area contributed by atoms with Crippen LogP contribution in [0.1, 0.15) is 19.2 Å². The van der Waals surface area contributed by atoms with Crippen molar-refractivity contribution in [2.45, 2.75) is 25.1 Å². The average Bonchev–Trinajstić information content (AvgIpc) is 2.87. The highest BCUT2D eigenvalue weighted by molar-refractivity contribution is 8.14. The number of piperidine rings is 1. The molecular weight excluding hydrogens is 294 g/mol. The monoisotopic (exact) mass is 311 g/mol. The van der Waals surface area contributed by atoms with Crippen molar-refractivity contribution in [1.82, 2.24) is 25.5 Å². The number of carbonyl (C=O) groups excluding carboxylic acids is 2. The Labute approximate surface area is 126 Å². The maximum atomic E-state index is 11.3. The minimum Gasteiger partial charge on any atom is -0.468 e. The summed E-state index contributed by atoms with van der Waals surface area (Å²) >= 11 is 1.31. The standard InChI is InChI=1S/C12H17N5O3S/c1-8(18)21-10-3-4-13-6-9(10)5-11-14-15-16-17(11)7-12(19)20-2/h5,10,13H,3-4,6-7H2,1-2H3. The smallest absolute Gasteiger partial charge is 0.327 e. The number of esters is 1. The fourth-order valence-corrected chi connectivity index (χ4v) is 2.96. The second kappa shape index (κ2) is 7.32. The molecular formula is C12H17N5O3S. The molecule has 21 heavy (non-hydrogen) atoms. The van der Waals surface area contributed by atoms with Gasteiger partial charge in [-0.05, 0) is 35.0 Å². The van der Waals surface area contributed by atoms with Crippen molar-refractivity contribution in [2.24, 2.45) is 0 Å². The minimum atomic E-state index is -0.418. The molecule has 1 aliphatic rings. The Bertz CT molecular complexity index is 557. The summed E-state index contributed by atoms with van der Waals surface area (Å²) in [7, 11) is 1.31. The fraction of sp³-hybridized carbons (Fsp3) is 0.583. The molecule has 0 radical (unpaired) electrons. The van der Waals surface area contributed by atoms with Crippen molar-refractivity contribution in [3.8, 4) is 0 Å². The van der Waals surface area contributed by atoms with Crippen molar-refractivity contribution >= 4 is 28.9 Å². The second-order valence-corrected chi connectivity index (χ2v) is 5.93. The van der Waals surface area contributed by atoms with E-state index in [4.69, 9.17) is 0 Å². The summed E-state index contributed by atoms with van der Waals surface area (Å²) in [5, 5.41) is 14.7. The molecule has 1 N–H and O–H groups in total. The van der Waals surface area contributed by atoms with E-state index in [2.05, 4.69) is 25.6 Å². The van der Waals surface area contributed by atoms with Crippen molar-refractivity contribution in [3.05, 3.63) is 11.4 Å². The average molecular weight is 311 g/mol. The van der Waals surface area contributed by atoms with Crippen LogP contribution >= 0.6 is 11.8 Å². The number of hydrogen-bond acceptors (Lipinski definition) is 8. The largest absolute Gasteiger partial charge is 0.468 e. The second-order valence-electron chi connectivity index (χ2n) is 4.55. The summed E-state index contributed by atoms with van der Waals surface area (Å²) in [6.07, 6.45) is 2.70. The van der Waals surface area contributed by atoms with Crippen molar-refractivity contribution in [2.75, 3.05) is 20.2 Å². The van der Waals surface area contributed by atoms with E-state index in [-0.39, 0.29) is 16.9 Å². The molecule has 1 unspecified atom stereocenters. The zero-order valence-corrected chi connectivity index (χ0v) is 12.7. The summed E-state index contributed by atoms with van der Waals surface area (Å²) < 4.78 is 5.98. The molecule has 114 valence electrons. The molecule has 2 rings (SSSR count). The van der Waals surface area contributed by atoms with Gasteiger partial charge in [0.05, 0.1) is 7.11 Å². The van der Waals surface area contributed by atoms with E-state index in [0.717, 1.165) is 18.5 Å². The number of ether oxygens (including phenoxy) is 1. The molecule has 0 saturated carbocycles. The molecule has 1 aliphatic heterocycles. The van der Waals surface area contributed by atoms with Gasteiger partial charge in [-0.1, -0.05) is 11.8 Å². The SMILES string of the molecule is COC(=O)Cn1nnnc1C=C1CNCCC1SC(C)=O. The minimum absolute atomic E-state index is 0.0411. The molecule has 0 amide bonds. The first-order valence-electron chi connectivity index (χ1n) is 6.51. The topological polar surface area (TPSA) is 99.0 Å². The van der Waals surface area contributed by atoms with Crippen LogP contribution in [0.5, 0.6) is 0 Å². The molecule has 1 atom stereocenters. The highest BCUT2D eigenvalue weighted by Gasteiger charge is 2.22. The maximum absolute atomic E-state index is 11.3. The molecule has 2 heterocycles. The first-order valence-corrected chi connectivity index (χ1v) is 7.39. The van der Waals surface area contributed by atoms with Gasteiger partial charge < -0.3 is 10.1 Å². The van der Waals surface area contributed by atoms with Gasteiger partial charge in [0.15, 0.2) is 10.9 Å². The zero-order chi connectivity index (χ0) is 15.2. The molecule has 9 heteroatoms. The third-order valence-corrected chi connectivity index (χ3v) is 4.17. The number of thioether (sulfide) groups is 1. The molecule has 1 aromatic heterocycles. The Morgan fingerprint density at radius 2 is 2.38 bits per heavy atom. The number of hydrogen-bond donors (Lipinski definition) is 1. The van der Waals surface area contributed by atoms with Gasteiger partial charge in [-0.25, -0.2) is 4.68 Å². The third-order valence-electron chi connectivity index (χ3n) is 3.01. The molecule has 0 aromatic carbocycles. The molecule has 1 fully saturated rings. The summed E-state index contributed by atoms with van der Waals surface area (Å²) in [6, 6.07) is 0. The lowest BCUT2D eigenvalue weighted by atomic mass is 10.1. The lowest BCUT2D eigenvalue weighted by molar-refractivity contribution is -0.141. The molecule has 0 aliphatic carbocycles. The highest BCUT2D eigenvalue weighted by atomic mass is 32.2. The summed E-state index contributed by atoms with van der Waals surface area (Å²) in [6.45, 7) is 3.07. The van der Waals surface area contributed by atoms with E-state index in [1.807, 2.05) is 6.08 Å². The quantitative estimate of drug-likeness (QED) is 0.768. The predicted octanol–water partition coefficient (Wildman–Crippen LogP) is -0.129. The number of carbonyl (C=O) groups is 2. The molecule has 0 spiro atoms. The van der Waals surface area contributed by atoms with E-state index < -0.39 is 5.97 Å². The van der Waals surface area contributed by atoms with Gasteiger partial charge in [0.1, 0.15) is 6.54 Å². The Morgan fingerprint density at radius 1 is 1.57 bits per heavy atom. The van der Waals surface area contributed by atoms with Crippen LogP contribution in [0.25, 0.3) is 6.08 Å². The highest BCUT2D eigenvalue weighted by Crippen LogP contribution is 2.26. The van der Waals surface area contributed by atoms with Gasteiger partial charge in [-0.2, -0.15) is 0 Å². The van der Waals surface area contributed by atoms with Gasteiger partial charge in [-0.15, -0.1) is 5.10 Å². The van der Waals surface area contributed by atoms with Crippen LogP contribution in [0.2, 0.25) is 0 Å². The Hall–Kier alpha value is -1.74. The summed E-state index contributed by atoms with van der Waals surface area (Å²) in [5.41, 5.74) is 1.04. The first-order chi connectivity index (χ1) is 10.1. The van der Waals surface area contributed by atoms with Crippen molar-refractivity contribution in [1.29, 1.82) is 0 Å². The number of aromatic nitrogens is 4. The van der Waals surface area contributed by atoms with E-state index in [1.165, 1.54) is 23.6 Å². The lowest BCUT2D eigenvalue weighted by Crippen LogP contribution is -2.32. The molecule has 1 saturated heterocycles. The van der Waals surface area contributed by atoms with Crippen LogP contribution in [0, 0.1) is 0 Å². The summed E-state index contributed by atoms with van der Waals surface area (Å²) in [5.74, 6) is 0.0617. The third kappa shape index (κ3) is 4.36. The first kappa shape index (κ1) is 15.6. The zero-order valence-electron chi connectivity index (χ0n) is 11.9. The van der Waals surface area contributed by atoms with Crippen LogP contribution in [0.3, 0.4) is 0 Å². The molecule has 1 aromatic rings. The van der Waals surface area contributed by atoms with Gasteiger partial charge >= 0.3 is 5.97 Å². The van der Waals surface area contributed by atoms with Crippen LogP contribution in [0.15, 0.2) is 5.57 Å². The Morgan fingerprint density at radius 3 is 3.10 bits per heavy atom. The van der Waals surface area contributed by atoms with Gasteiger partial charge in [0, 0.05) is 18.7 Å². The fourth-order valence-electron chi connectivity index (χ4n) is 2.02. The van der Waals surface area contributed by atoms with Crippen molar-refractivity contribution in [3.63, 3.8) is 0 Å². The van der Waals surface area contributed by atoms with Crippen LogP contribution < -0.4 is 5.32 Å². The summed E-state index contributed by atoms with van der Waals surface area (Å²) in [4.78, 5) is 22.6.